The number of hydrogen-bond donors (Lipinski definition) is 2. The predicted molar refractivity (Wildman–Crippen MR) is 121 cm³/mol. The molecule has 32 heavy (non-hydrogen) atoms. The molecule has 2 aromatic carbocycles. The minimum Gasteiger partial charge on any atom is -0.484 e. The lowest BCUT2D eigenvalue weighted by molar-refractivity contribution is -0.128. The zero-order valence-corrected chi connectivity index (χ0v) is 19.1. The van der Waals surface area contributed by atoms with Crippen molar-refractivity contribution in [1.29, 1.82) is 0 Å². The van der Waals surface area contributed by atoms with E-state index in [1.54, 1.807) is 0 Å². The fraction of sp³-hybridized carbons (Fsp3) is 0.417. The Labute approximate surface area is 196 Å². The summed E-state index contributed by atoms with van der Waals surface area (Å²) in [5, 5.41) is 6.77. The van der Waals surface area contributed by atoms with Crippen LogP contribution in [0.1, 0.15) is 37.8 Å². The van der Waals surface area contributed by atoms with E-state index in [1.807, 2.05) is 31.2 Å². The number of rotatable bonds is 7. The van der Waals surface area contributed by atoms with Crippen LogP contribution in [0.2, 0.25) is 10.0 Å². The van der Waals surface area contributed by atoms with Gasteiger partial charge < -0.3 is 15.4 Å². The van der Waals surface area contributed by atoms with E-state index >= 15 is 0 Å². The van der Waals surface area contributed by atoms with E-state index in [0.29, 0.717) is 17.4 Å². The second-order valence-corrected chi connectivity index (χ2v) is 9.41. The first-order valence-corrected chi connectivity index (χ1v) is 11.5. The molecule has 0 radical (unpaired) electrons. The highest BCUT2D eigenvalue weighted by Crippen LogP contribution is 2.50. The molecule has 2 aliphatic carbocycles. The van der Waals surface area contributed by atoms with Gasteiger partial charge in [-0.1, -0.05) is 35.3 Å². The molecule has 170 valence electrons. The van der Waals surface area contributed by atoms with Crippen molar-refractivity contribution in [1.82, 2.24) is 10.6 Å². The monoisotopic (exact) mass is 478 g/mol. The van der Waals surface area contributed by atoms with Gasteiger partial charge in [0.05, 0.1) is 11.1 Å². The largest absolute Gasteiger partial charge is 0.484 e. The molecule has 2 aromatic rings. The van der Waals surface area contributed by atoms with Gasteiger partial charge in [-0.2, -0.15) is 0 Å². The summed E-state index contributed by atoms with van der Waals surface area (Å²) < 4.78 is 18.9. The Hall–Kier alpha value is -2.31. The summed E-state index contributed by atoms with van der Waals surface area (Å²) in [5.74, 6) is -0.168. The minimum atomic E-state index is -0.598. The van der Waals surface area contributed by atoms with E-state index in [4.69, 9.17) is 27.9 Å². The molecule has 2 amide bonds. The highest BCUT2D eigenvalue weighted by atomic mass is 35.5. The topological polar surface area (TPSA) is 67.4 Å². The number of carbonyl (C=O) groups is 2. The van der Waals surface area contributed by atoms with Crippen molar-refractivity contribution in [3.8, 4) is 5.75 Å². The zero-order valence-electron chi connectivity index (χ0n) is 17.6. The van der Waals surface area contributed by atoms with Crippen LogP contribution < -0.4 is 15.4 Å². The van der Waals surface area contributed by atoms with Crippen LogP contribution in [0.4, 0.5) is 4.39 Å². The minimum absolute atomic E-state index is 0.00141. The standard InChI is InChI=1S/C24H25Cl2FN2O3/c1-13(14-2-4-15(25)5-3-14)28-24(31)19-11-22(18-8-7-17(18)19)29-23(30)12-32-16-6-9-20(26)21(27)10-16/h2-6,9-10,13,17-19,22H,7-8,11-12H2,1H3,(H,28,31)(H,29,30)/t13-,17?,18?,19?,22+/m1/s1. The molecule has 2 fully saturated rings. The third kappa shape index (κ3) is 5.02. The highest BCUT2D eigenvalue weighted by Gasteiger charge is 2.51. The second-order valence-electron chi connectivity index (χ2n) is 8.57. The van der Waals surface area contributed by atoms with Crippen LogP contribution in [0.25, 0.3) is 0 Å². The molecule has 4 rings (SSSR count). The molecular formula is C24H25Cl2FN2O3. The van der Waals surface area contributed by atoms with E-state index in [1.165, 1.54) is 12.1 Å². The van der Waals surface area contributed by atoms with Crippen molar-refractivity contribution in [2.45, 2.75) is 38.3 Å². The average Bonchev–Trinajstić information content (AvgIpc) is 2.98. The third-order valence-corrected chi connectivity index (χ3v) is 7.16. The Bertz CT molecular complexity index is 1000. The van der Waals surface area contributed by atoms with E-state index in [-0.39, 0.29) is 53.1 Å². The lowest BCUT2D eigenvalue weighted by Crippen LogP contribution is -2.43. The van der Waals surface area contributed by atoms with Crippen molar-refractivity contribution < 1.29 is 18.7 Å². The van der Waals surface area contributed by atoms with Crippen LogP contribution in [0.15, 0.2) is 42.5 Å². The van der Waals surface area contributed by atoms with Crippen LogP contribution in [0, 0.1) is 23.6 Å². The highest BCUT2D eigenvalue weighted by molar-refractivity contribution is 6.30. The van der Waals surface area contributed by atoms with Crippen LogP contribution >= 0.6 is 23.2 Å². The first kappa shape index (κ1) is 22.9. The second kappa shape index (κ2) is 9.67. The number of amides is 2. The van der Waals surface area contributed by atoms with Gasteiger partial charge >= 0.3 is 0 Å². The van der Waals surface area contributed by atoms with Gasteiger partial charge in [-0.25, -0.2) is 4.39 Å². The summed E-state index contributed by atoms with van der Waals surface area (Å²) in [7, 11) is 0. The van der Waals surface area contributed by atoms with Gasteiger partial charge in [-0.15, -0.1) is 0 Å². The Morgan fingerprint density at radius 3 is 2.50 bits per heavy atom. The SMILES string of the molecule is C[C@@H](NC(=O)C1C[C@H](NC(=O)COc2ccc(Cl)c(F)c2)C2CCC12)c1ccc(Cl)cc1. The van der Waals surface area contributed by atoms with Gasteiger partial charge in [0.15, 0.2) is 6.61 Å². The number of hydrogen-bond acceptors (Lipinski definition) is 3. The molecule has 0 spiro atoms. The van der Waals surface area contributed by atoms with Gasteiger partial charge in [-0.05, 0) is 67.9 Å². The smallest absolute Gasteiger partial charge is 0.258 e. The molecule has 2 saturated carbocycles. The molecule has 0 aromatic heterocycles. The normalized spacial score (nSPS) is 24.8. The Balaban J connectivity index is 1.29. The maximum atomic E-state index is 13.5. The van der Waals surface area contributed by atoms with Crippen LogP contribution in [-0.4, -0.2) is 24.5 Å². The van der Waals surface area contributed by atoms with Crippen LogP contribution in [-0.2, 0) is 9.59 Å². The summed E-state index contributed by atoms with van der Waals surface area (Å²) in [6, 6.07) is 11.3. The summed E-state index contributed by atoms with van der Waals surface area (Å²) in [5.41, 5.74) is 0.992. The zero-order chi connectivity index (χ0) is 22.8. The first-order valence-electron chi connectivity index (χ1n) is 10.7. The lowest BCUT2D eigenvalue weighted by atomic mass is 9.71. The van der Waals surface area contributed by atoms with Gasteiger partial charge in [0.25, 0.3) is 5.91 Å². The third-order valence-electron chi connectivity index (χ3n) is 6.60. The maximum absolute atomic E-state index is 13.5. The maximum Gasteiger partial charge on any atom is 0.258 e. The summed E-state index contributed by atoms with van der Waals surface area (Å²) >= 11 is 11.6. The van der Waals surface area contributed by atoms with Crippen LogP contribution in [0.5, 0.6) is 5.75 Å². The molecule has 0 bridgehead atoms. The molecule has 2 aliphatic rings. The van der Waals surface area contributed by atoms with Crippen molar-refractivity contribution in [2.75, 3.05) is 6.61 Å². The van der Waals surface area contributed by atoms with E-state index < -0.39 is 5.82 Å². The van der Waals surface area contributed by atoms with Crippen molar-refractivity contribution in [3.63, 3.8) is 0 Å². The molecule has 8 heteroatoms. The van der Waals surface area contributed by atoms with E-state index in [9.17, 15) is 14.0 Å². The summed E-state index contributed by atoms with van der Waals surface area (Å²) in [6.45, 7) is 1.73. The quantitative estimate of drug-likeness (QED) is 0.593. The Kier molecular flexibility index (Phi) is 6.91. The lowest BCUT2D eigenvalue weighted by Gasteiger charge is -2.36. The van der Waals surface area contributed by atoms with Gasteiger partial charge in [0.1, 0.15) is 11.6 Å². The molecule has 0 saturated heterocycles. The van der Waals surface area contributed by atoms with Crippen LogP contribution in [0.3, 0.4) is 0 Å². The fourth-order valence-electron chi connectivity index (χ4n) is 4.76. The Morgan fingerprint density at radius 2 is 1.84 bits per heavy atom. The summed E-state index contributed by atoms with van der Waals surface area (Å²) in [4.78, 5) is 25.4. The van der Waals surface area contributed by atoms with E-state index in [2.05, 4.69) is 10.6 Å². The predicted octanol–water partition coefficient (Wildman–Crippen LogP) is 4.92. The molecule has 3 unspecified atom stereocenters. The van der Waals surface area contributed by atoms with E-state index in [0.717, 1.165) is 24.5 Å². The molecular weight excluding hydrogens is 454 g/mol. The molecule has 5 nitrogen and oxygen atoms in total. The van der Waals surface area contributed by atoms with Gasteiger partial charge in [0, 0.05) is 23.0 Å². The molecule has 2 N–H and O–H groups in total. The number of nitrogens with one attached hydrogen (secondary N) is 2. The molecule has 5 atom stereocenters. The van der Waals surface area contributed by atoms with Crippen molar-refractivity contribution >= 4 is 35.0 Å². The summed E-state index contributed by atoms with van der Waals surface area (Å²) in [6.07, 6.45) is 2.59. The van der Waals surface area contributed by atoms with Crippen molar-refractivity contribution in [3.05, 3.63) is 63.9 Å². The number of ether oxygens (including phenoxy) is 1. The first-order chi connectivity index (χ1) is 15.3. The molecule has 0 heterocycles. The average molecular weight is 479 g/mol. The Morgan fingerprint density at radius 1 is 1.12 bits per heavy atom. The number of carbonyl (C=O) groups excluding carboxylic acids is 2. The van der Waals surface area contributed by atoms with Crippen molar-refractivity contribution in [2.24, 2.45) is 17.8 Å². The number of fused-ring (bicyclic) bond motifs is 1. The number of halogens is 3. The fourth-order valence-corrected chi connectivity index (χ4v) is 5.00. The molecule has 0 aliphatic heterocycles. The van der Waals surface area contributed by atoms with Gasteiger partial charge in [0.2, 0.25) is 5.91 Å². The number of benzene rings is 2. The van der Waals surface area contributed by atoms with Gasteiger partial charge in [-0.3, -0.25) is 9.59 Å².